The molecule has 0 aliphatic heterocycles. The first-order valence-corrected chi connectivity index (χ1v) is 10.6. The van der Waals surface area contributed by atoms with E-state index >= 15 is 0 Å². The molecule has 9 heteroatoms. The molecular weight excluding hydrogens is 404 g/mol. The third-order valence-electron chi connectivity index (χ3n) is 4.69. The number of carbonyl (C=O) groups excluding carboxylic acids is 1. The number of aromatic nitrogens is 2. The molecule has 0 unspecified atom stereocenters. The summed E-state index contributed by atoms with van der Waals surface area (Å²) in [6.45, 7) is 0. The van der Waals surface area contributed by atoms with Crippen molar-refractivity contribution in [1.29, 1.82) is 0 Å². The van der Waals surface area contributed by atoms with Crippen molar-refractivity contribution in [3.63, 3.8) is 0 Å². The fourth-order valence-electron chi connectivity index (χ4n) is 3.30. The van der Waals surface area contributed by atoms with E-state index in [4.69, 9.17) is 0 Å². The number of fused-ring (bicyclic) bond motifs is 3. The number of rotatable bonds is 4. The molecule has 3 aromatic rings. The summed E-state index contributed by atoms with van der Waals surface area (Å²) in [5.74, 6) is -2.40. The Morgan fingerprint density at radius 2 is 2.07 bits per heavy atom. The van der Waals surface area contributed by atoms with Gasteiger partial charge in [-0.25, -0.2) is 13.8 Å². The van der Waals surface area contributed by atoms with Gasteiger partial charge in [0, 0.05) is 23.7 Å². The van der Waals surface area contributed by atoms with E-state index in [9.17, 15) is 18.4 Å². The molecule has 1 aliphatic carbocycles. The van der Waals surface area contributed by atoms with E-state index in [0.29, 0.717) is 10.5 Å². The van der Waals surface area contributed by atoms with Crippen molar-refractivity contribution < 1.29 is 13.6 Å². The number of benzene rings is 1. The lowest BCUT2D eigenvalue weighted by molar-refractivity contribution is -0.113. The molecule has 4 rings (SSSR count). The van der Waals surface area contributed by atoms with E-state index < -0.39 is 17.5 Å². The Balaban J connectivity index is 1.53. The maximum absolute atomic E-state index is 13.2. The van der Waals surface area contributed by atoms with E-state index in [1.807, 2.05) is 0 Å². The van der Waals surface area contributed by atoms with Crippen molar-refractivity contribution in [2.45, 2.75) is 30.8 Å². The monoisotopic (exact) mass is 421 g/mol. The molecule has 0 fully saturated rings. The first-order valence-electron chi connectivity index (χ1n) is 8.83. The summed E-state index contributed by atoms with van der Waals surface area (Å²) in [6, 6.07) is 3.17. The maximum atomic E-state index is 13.2. The van der Waals surface area contributed by atoms with Gasteiger partial charge < -0.3 is 5.32 Å². The van der Waals surface area contributed by atoms with Crippen LogP contribution in [0.5, 0.6) is 0 Å². The minimum Gasteiger partial charge on any atom is -0.325 e. The zero-order valence-electron chi connectivity index (χ0n) is 15.1. The van der Waals surface area contributed by atoms with E-state index in [0.717, 1.165) is 60.0 Å². The fraction of sp³-hybridized carbons (Fsp3) is 0.316. The molecule has 1 N–H and O–H groups in total. The Bertz CT molecular complexity index is 1140. The topological polar surface area (TPSA) is 64.0 Å². The zero-order valence-corrected chi connectivity index (χ0v) is 16.7. The summed E-state index contributed by atoms with van der Waals surface area (Å²) in [4.78, 5) is 31.5. The summed E-state index contributed by atoms with van der Waals surface area (Å²) in [5.41, 5.74) is 1.22. The number of nitrogens with zero attached hydrogens (tertiary/aromatic N) is 2. The van der Waals surface area contributed by atoms with Crippen LogP contribution in [0.25, 0.3) is 10.2 Å². The van der Waals surface area contributed by atoms with Crippen molar-refractivity contribution in [2.75, 3.05) is 11.1 Å². The smallest absolute Gasteiger partial charge is 0.262 e. The van der Waals surface area contributed by atoms with Crippen LogP contribution in [0.2, 0.25) is 0 Å². The molecule has 28 heavy (non-hydrogen) atoms. The van der Waals surface area contributed by atoms with Gasteiger partial charge in [0.05, 0.1) is 11.1 Å². The highest BCUT2D eigenvalue weighted by atomic mass is 32.2. The van der Waals surface area contributed by atoms with Gasteiger partial charge in [0.15, 0.2) is 16.8 Å². The molecule has 2 aromatic heterocycles. The van der Waals surface area contributed by atoms with E-state index in [-0.39, 0.29) is 17.0 Å². The summed E-state index contributed by atoms with van der Waals surface area (Å²) in [6.07, 6.45) is 4.11. The highest BCUT2D eigenvalue weighted by molar-refractivity contribution is 7.99. The number of hydrogen-bond acceptors (Lipinski definition) is 5. The Morgan fingerprint density at radius 1 is 1.29 bits per heavy atom. The highest BCUT2D eigenvalue weighted by Crippen LogP contribution is 2.34. The molecule has 2 heterocycles. The zero-order chi connectivity index (χ0) is 19.8. The number of aryl methyl sites for hydroxylation is 2. The standard InChI is InChI=1S/C19H17F2N3O2S2/c1-24-18(26)16-11-4-2-3-5-14(11)28-17(16)23-19(24)27-9-15(25)22-10-6-7-12(20)13(21)8-10/h6-8H,2-5,9H2,1H3,(H,22,25). The molecule has 0 saturated carbocycles. The van der Waals surface area contributed by atoms with Crippen LogP contribution in [0.4, 0.5) is 14.5 Å². The molecule has 1 aliphatic rings. The van der Waals surface area contributed by atoms with Gasteiger partial charge in [0.1, 0.15) is 4.83 Å². The maximum Gasteiger partial charge on any atom is 0.262 e. The number of hydrogen-bond donors (Lipinski definition) is 1. The number of carbonyl (C=O) groups is 1. The second-order valence-electron chi connectivity index (χ2n) is 6.62. The Labute approximate surface area is 167 Å². The van der Waals surface area contributed by atoms with Gasteiger partial charge in [0.2, 0.25) is 5.91 Å². The number of halogens is 2. The minimum atomic E-state index is -1.03. The van der Waals surface area contributed by atoms with Crippen molar-refractivity contribution in [1.82, 2.24) is 9.55 Å². The number of thioether (sulfide) groups is 1. The van der Waals surface area contributed by atoms with E-state index in [1.165, 1.54) is 15.5 Å². The molecule has 1 aromatic carbocycles. The van der Waals surface area contributed by atoms with Gasteiger partial charge in [-0.1, -0.05) is 11.8 Å². The molecule has 0 bridgehead atoms. The van der Waals surface area contributed by atoms with Gasteiger partial charge in [0.25, 0.3) is 5.56 Å². The van der Waals surface area contributed by atoms with Gasteiger partial charge in [-0.05, 0) is 43.4 Å². The minimum absolute atomic E-state index is 0.00410. The van der Waals surface area contributed by atoms with Crippen LogP contribution < -0.4 is 10.9 Å². The van der Waals surface area contributed by atoms with Gasteiger partial charge in [-0.15, -0.1) is 11.3 Å². The Kier molecular flexibility index (Phi) is 5.20. The highest BCUT2D eigenvalue weighted by Gasteiger charge is 2.21. The van der Waals surface area contributed by atoms with Gasteiger partial charge in [-0.2, -0.15) is 0 Å². The Morgan fingerprint density at radius 3 is 2.86 bits per heavy atom. The second-order valence-corrected chi connectivity index (χ2v) is 8.64. The van der Waals surface area contributed by atoms with Crippen LogP contribution in [0.15, 0.2) is 28.2 Å². The molecule has 1 amide bonds. The lowest BCUT2D eigenvalue weighted by atomic mass is 9.97. The molecule has 0 spiro atoms. The third kappa shape index (κ3) is 3.56. The van der Waals surface area contributed by atoms with Gasteiger partial charge in [-0.3, -0.25) is 14.2 Å². The first-order chi connectivity index (χ1) is 13.4. The number of nitrogens with one attached hydrogen (secondary N) is 1. The summed E-state index contributed by atoms with van der Waals surface area (Å²) in [7, 11) is 1.65. The quantitative estimate of drug-likeness (QED) is 0.513. The average molecular weight is 421 g/mol. The summed E-state index contributed by atoms with van der Waals surface area (Å²) >= 11 is 2.70. The van der Waals surface area contributed by atoms with E-state index in [2.05, 4.69) is 10.3 Å². The first kappa shape index (κ1) is 19.1. The summed E-state index contributed by atoms with van der Waals surface area (Å²) < 4.78 is 27.7. The Hall–Kier alpha value is -2.26. The lowest BCUT2D eigenvalue weighted by Gasteiger charge is -2.11. The molecule has 0 saturated heterocycles. The van der Waals surface area contributed by atoms with Crippen LogP contribution in [-0.2, 0) is 24.7 Å². The molecule has 146 valence electrons. The molecule has 0 atom stereocenters. The van der Waals surface area contributed by atoms with Crippen LogP contribution in [-0.4, -0.2) is 21.2 Å². The summed E-state index contributed by atoms with van der Waals surface area (Å²) in [5, 5.41) is 3.67. The fourth-order valence-corrected chi connectivity index (χ4v) is 5.37. The van der Waals surface area contributed by atoms with Crippen LogP contribution >= 0.6 is 23.1 Å². The van der Waals surface area contributed by atoms with Crippen molar-refractivity contribution >= 4 is 44.9 Å². The average Bonchev–Trinajstić information content (AvgIpc) is 3.05. The predicted octanol–water partition coefficient (Wildman–Crippen LogP) is 3.88. The lowest BCUT2D eigenvalue weighted by Crippen LogP contribution is -2.22. The SMILES string of the molecule is Cn1c(SCC(=O)Nc2ccc(F)c(F)c2)nc2sc3c(c2c1=O)CCCC3. The van der Waals surface area contributed by atoms with Crippen LogP contribution in [0, 0.1) is 11.6 Å². The molecule has 0 radical (unpaired) electrons. The van der Waals surface area contributed by atoms with Crippen molar-refractivity contribution in [3.8, 4) is 0 Å². The molecular formula is C19H17F2N3O2S2. The normalized spacial score (nSPS) is 13.5. The predicted molar refractivity (Wildman–Crippen MR) is 107 cm³/mol. The second kappa shape index (κ2) is 7.63. The van der Waals surface area contributed by atoms with Crippen molar-refractivity contribution in [3.05, 3.63) is 50.6 Å². The largest absolute Gasteiger partial charge is 0.325 e. The number of thiophene rings is 1. The third-order valence-corrected chi connectivity index (χ3v) is 6.91. The molecule has 5 nitrogen and oxygen atoms in total. The number of anilines is 1. The van der Waals surface area contributed by atoms with E-state index in [1.54, 1.807) is 18.4 Å². The van der Waals surface area contributed by atoms with Crippen LogP contribution in [0.1, 0.15) is 23.3 Å². The van der Waals surface area contributed by atoms with Gasteiger partial charge >= 0.3 is 0 Å². The number of amides is 1. The van der Waals surface area contributed by atoms with Crippen molar-refractivity contribution in [2.24, 2.45) is 7.05 Å². The van der Waals surface area contributed by atoms with Crippen LogP contribution in [0.3, 0.4) is 0 Å².